The predicted molar refractivity (Wildman–Crippen MR) is 66.2 cm³/mol. The average molecular weight is 255 g/mol. The molecule has 0 heterocycles. The summed E-state index contributed by atoms with van der Waals surface area (Å²) in [4.78, 5) is 11.3. The van der Waals surface area contributed by atoms with Crippen LogP contribution in [0.4, 0.5) is 0 Å². The fraction of sp³-hybridized carbons (Fsp3) is 0.462. The van der Waals surface area contributed by atoms with Crippen molar-refractivity contribution < 1.29 is 14.3 Å². The van der Waals surface area contributed by atoms with E-state index in [4.69, 9.17) is 21.1 Å². The van der Waals surface area contributed by atoms with Crippen LogP contribution in [0.15, 0.2) is 12.1 Å². The Labute approximate surface area is 106 Å². The monoisotopic (exact) mass is 254 g/mol. The van der Waals surface area contributed by atoms with Gasteiger partial charge < -0.3 is 9.47 Å². The zero-order valence-electron chi connectivity index (χ0n) is 9.96. The van der Waals surface area contributed by atoms with Crippen LogP contribution < -0.4 is 9.47 Å². The Morgan fingerprint density at radius 2 is 2.18 bits per heavy atom. The number of ether oxygens (including phenoxy) is 2. The van der Waals surface area contributed by atoms with Gasteiger partial charge in [-0.15, -0.1) is 0 Å². The van der Waals surface area contributed by atoms with Crippen LogP contribution in [-0.4, -0.2) is 19.5 Å². The van der Waals surface area contributed by atoms with E-state index in [-0.39, 0.29) is 5.78 Å². The molecular formula is C13H15ClO3. The summed E-state index contributed by atoms with van der Waals surface area (Å²) in [6.07, 6.45) is 2.43. The fourth-order valence-electron chi connectivity index (χ4n) is 1.55. The number of hydrogen-bond donors (Lipinski definition) is 0. The third kappa shape index (κ3) is 2.91. The van der Waals surface area contributed by atoms with E-state index in [9.17, 15) is 4.79 Å². The molecular weight excluding hydrogens is 240 g/mol. The lowest BCUT2D eigenvalue weighted by molar-refractivity contribution is 0.101. The summed E-state index contributed by atoms with van der Waals surface area (Å²) >= 11 is 6.10. The van der Waals surface area contributed by atoms with E-state index in [1.807, 2.05) is 0 Å². The second-order valence-electron chi connectivity index (χ2n) is 4.30. The van der Waals surface area contributed by atoms with Gasteiger partial charge in [0.1, 0.15) is 0 Å². The molecule has 0 spiro atoms. The Bertz CT molecular complexity index is 439. The second kappa shape index (κ2) is 4.96. The molecule has 0 radical (unpaired) electrons. The molecule has 0 unspecified atom stereocenters. The number of rotatable bonds is 5. The highest BCUT2D eigenvalue weighted by molar-refractivity contribution is 6.32. The molecule has 1 fully saturated rings. The van der Waals surface area contributed by atoms with Crippen molar-refractivity contribution in [3.63, 3.8) is 0 Å². The smallest absolute Gasteiger partial charge is 0.179 e. The van der Waals surface area contributed by atoms with Crippen LogP contribution in [0.25, 0.3) is 0 Å². The molecule has 2 rings (SSSR count). The summed E-state index contributed by atoms with van der Waals surface area (Å²) < 4.78 is 10.9. The van der Waals surface area contributed by atoms with E-state index in [1.54, 1.807) is 19.2 Å². The number of benzene rings is 1. The minimum Gasteiger partial charge on any atom is -0.493 e. The summed E-state index contributed by atoms with van der Waals surface area (Å²) in [6.45, 7) is 2.16. The SMILES string of the molecule is COc1cc(C(C)=O)cc(Cl)c1OCC1CC1. The van der Waals surface area contributed by atoms with Gasteiger partial charge in [-0.3, -0.25) is 4.79 Å². The molecule has 4 heteroatoms. The van der Waals surface area contributed by atoms with Crippen LogP contribution >= 0.6 is 11.6 Å². The van der Waals surface area contributed by atoms with Gasteiger partial charge in [0.2, 0.25) is 0 Å². The molecule has 3 nitrogen and oxygen atoms in total. The standard InChI is InChI=1S/C13H15ClO3/c1-8(15)10-5-11(14)13(12(6-10)16-2)17-7-9-3-4-9/h5-6,9H,3-4,7H2,1-2H3. The first-order valence-electron chi connectivity index (χ1n) is 5.63. The number of hydrogen-bond acceptors (Lipinski definition) is 3. The molecule has 0 aromatic heterocycles. The van der Waals surface area contributed by atoms with Gasteiger partial charge in [-0.25, -0.2) is 0 Å². The first-order valence-corrected chi connectivity index (χ1v) is 6.01. The van der Waals surface area contributed by atoms with Crippen LogP contribution in [0.1, 0.15) is 30.1 Å². The van der Waals surface area contributed by atoms with E-state index in [0.29, 0.717) is 34.6 Å². The number of Topliss-reactive ketones (excluding diaryl/α,β-unsaturated/α-hetero) is 1. The largest absolute Gasteiger partial charge is 0.493 e. The summed E-state index contributed by atoms with van der Waals surface area (Å²) in [5, 5.41) is 0.426. The van der Waals surface area contributed by atoms with E-state index >= 15 is 0 Å². The van der Waals surface area contributed by atoms with Crippen molar-refractivity contribution >= 4 is 17.4 Å². The van der Waals surface area contributed by atoms with Crippen molar-refractivity contribution in [3.8, 4) is 11.5 Å². The molecule has 0 saturated heterocycles. The van der Waals surface area contributed by atoms with Crippen LogP contribution in [0, 0.1) is 5.92 Å². The van der Waals surface area contributed by atoms with Crippen molar-refractivity contribution in [3.05, 3.63) is 22.7 Å². The molecule has 0 bridgehead atoms. The summed E-state index contributed by atoms with van der Waals surface area (Å²) in [5.41, 5.74) is 0.533. The fourth-order valence-corrected chi connectivity index (χ4v) is 1.81. The van der Waals surface area contributed by atoms with Crippen molar-refractivity contribution in [2.45, 2.75) is 19.8 Å². The quantitative estimate of drug-likeness (QED) is 0.756. The minimum absolute atomic E-state index is 0.0426. The lowest BCUT2D eigenvalue weighted by Gasteiger charge is -2.13. The topological polar surface area (TPSA) is 35.5 Å². The number of carbonyl (C=O) groups excluding carboxylic acids is 1. The molecule has 17 heavy (non-hydrogen) atoms. The number of carbonyl (C=O) groups is 1. The molecule has 1 saturated carbocycles. The van der Waals surface area contributed by atoms with Gasteiger partial charge >= 0.3 is 0 Å². The Hall–Kier alpha value is -1.22. The van der Waals surface area contributed by atoms with E-state index < -0.39 is 0 Å². The summed E-state index contributed by atoms with van der Waals surface area (Å²) in [6, 6.07) is 3.28. The molecule has 0 amide bonds. The van der Waals surface area contributed by atoms with Gasteiger partial charge in [-0.05, 0) is 37.8 Å². The maximum atomic E-state index is 11.3. The van der Waals surface area contributed by atoms with Crippen LogP contribution in [0.2, 0.25) is 5.02 Å². The molecule has 1 aliphatic rings. The number of halogens is 1. The first-order chi connectivity index (χ1) is 8.11. The Morgan fingerprint density at radius 3 is 2.71 bits per heavy atom. The minimum atomic E-state index is -0.0426. The average Bonchev–Trinajstić information content (AvgIpc) is 3.10. The molecule has 1 aromatic carbocycles. The maximum absolute atomic E-state index is 11.3. The molecule has 0 aliphatic heterocycles. The highest BCUT2D eigenvalue weighted by Crippen LogP contribution is 2.38. The second-order valence-corrected chi connectivity index (χ2v) is 4.71. The normalized spacial score (nSPS) is 14.5. The van der Waals surface area contributed by atoms with E-state index in [2.05, 4.69) is 0 Å². The molecule has 0 atom stereocenters. The zero-order chi connectivity index (χ0) is 12.4. The summed E-state index contributed by atoms with van der Waals surface area (Å²) in [5.74, 6) is 1.65. The lowest BCUT2D eigenvalue weighted by atomic mass is 10.1. The predicted octanol–water partition coefficient (Wildman–Crippen LogP) is 3.34. The lowest BCUT2D eigenvalue weighted by Crippen LogP contribution is -2.03. The number of ketones is 1. The Morgan fingerprint density at radius 1 is 1.47 bits per heavy atom. The van der Waals surface area contributed by atoms with Gasteiger partial charge in [0.25, 0.3) is 0 Å². The zero-order valence-corrected chi connectivity index (χ0v) is 10.7. The van der Waals surface area contributed by atoms with Crippen molar-refractivity contribution in [2.75, 3.05) is 13.7 Å². The molecule has 1 aliphatic carbocycles. The van der Waals surface area contributed by atoms with Gasteiger partial charge in [-0.2, -0.15) is 0 Å². The van der Waals surface area contributed by atoms with Crippen molar-refractivity contribution in [1.82, 2.24) is 0 Å². The Kier molecular flexibility index (Phi) is 3.57. The van der Waals surface area contributed by atoms with Crippen LogP contribution in [-0.2, 0) is 0 Å². The molecule has 92 valence electrons. The van der Waals surface area contributed by atoms with Gasteiger partial charge in [0.15, 0.2) is 17.3 Å². The van der Waals surface area contributed by atoms with Crippen molar-refractivity contribution in [1.29, 1.82) is 0 Å². The van der Waals surface area contributed by atoms with Crippen LogP contribution in [0.3, 0.4) is 0 Å². The van der Waals surface area contributed by atoms with Crippen LogP contribution in [0.5, 0.6) is 11.5 Å². The highest BCUT2D eigenvalue weighted by atomic mass is 35.5. The number of methoxy groups -OCH3 is 1. The third-order valence-corrected chi connectivity index (χ3v) is 3.08. The van der Waals surface area contributed by atoms with Crippen molar-refractivity contribution in [2.24, 2.45) is 5.92 Å². The maximum Gasteiger partial charge on any atom is 0.179 e. The van der Waals surface area contributed by atoms with E-state index in [1.165, 1.54) is 19.8 Å². The molecule has 0 N–H and O–H groups in total. The van der Waals surface area contributed by atoms with Gasteiger partial charge in [0, 0.05) is 5.56 Å². The third-order valence-electron chi connectivity index (χ3n) is 2.80. The Balaban J connectivity index is 2.25. The summed E-state index contributed by atoms with van der Waals surface area (Å²) in [7, 11) is 1.54. The van der Waals surface area contributed by atoms with E-state index in [0.717, 1.165) is 0 Å². The van der Waals surface area contributed by atoms with Gasteiger partial charge in [-0.1, -0.05) is 11.6 Å². The first kappa shape index (κ1) is 12.2. The molecule has 1 aromatic rings. The highest BCUT2D eigenvalue weighted by Gasteiger charge is 2.23. The van der Waals surface area contributed by atoms with Gasteiger partial charge in [0.05, 0.1) is 18.7 Å².